The third kappa shape index (κ3) is 4.54. The number of carbonyl (C=O) groups is 1. The summed E-state index contributed by atoms with van der Waals surface area (Å²) in [7, 11) is 1.20. The van der Waals surface area contributed by atoms with Crippen LogP contribution in [0.3, 0.4) is 0 Å². The smallest absolute Gasteiger partial charge is 0.416 e. The molecule has 18 heavy (non-hydrogen) atoms. The van der Waals surface area contributed by atoms with Crippen molar-refractivity contribution in [2.24, 2.45) is 5.73 Å². The minimum Gasteiger partial charge on any atom is -0.469 e. The Morgan fingerprint density at radius 2 is 2.06 bits per heavy atom. The molecule has 0 aliphatic heterocycles. The molecule has 7 heteroatoms. The highest BCUT2D eigenvalue weighted by atomic mass is 35.5. The molecular formula is C11H13ClF3NO2. The first kappa shape index (κ1) is 16.7. The van der Waals surface area contributed by atoms with E-state index in [0.717, 1.165) is 12.1 Å². The molecule has 1 atom stereocenters. The fourth-order valence-electron chi connectivity index (χ4n) is 1.33. The molecule has 0 aliphatic carbocycles. The molecule has 0 amide bonds. The van der Waals surface area contributed by atoms with Gasteiger partial charge >= 0.3 is 12.1 Å². The number of nitrogens with two attached hydrogens (primary N) is 1. The van der Waals surface area contributed by atoms with Crippen molar-refractivity contribution in [1.82, 2.24) is 0 Å². The highest BCUT2D eigenvalue weighted by molar-refractivity contribution is 5.85. The highest BCUT2D eigenvalue weighted by Crippen LogP contribution is 2.30. The van der Waals surface area contributed by atoms with E-state index in [1.54, 1.807) is 0 Å². The molecule has 0 aromatic heterocycles. The number of rotatable bonds is 3. The van der Waals surface area contributed by atoms with Gasteiger partial charge in [0.25, 0.3) is 0 Å². The van der Waals surface area contributed by atoms with E-state index in [1.807, 2.05) is 0 Å². The molecule has 1 aromatic rings. The average Bonchev–Trinajstić information content (AvgIpc) is 2.28. The lowest BCUT2D eigenvalue weighted by Crippen LogP contribution is -2.17. The van der Waals surface area contributed by atoms with Crippen LogP contribution in [0.15, 0.2) is 24.3 Å². The van der Waals surface area contributed by atoms with Crippen LogP contribution in [-0.4, -0.2) is 13.1 Å². The van der Waals surface area contributed by atoms with Gasteiger partial charge in [-0.25, -0.2) is 0 Å². The number of benzene rings is 1. The quantitative estimate of drug-likeness (QED) is 0.868. The van der Waals surface area contributed by atoms with Gasteiger partial charge in [-0.2, -0.15) is 13.2 Å². The fraction of sp³-hybridized carbons (Fsp3) is 0.364. The third-order valence-corrected chi connectivity index (χ3v) is 2.26. The third-order valence-electron chi connectivity index (χ3n) is 2.26. The lowest BCUT2D eigenvalue weighted by molar-refractivity contribution is -0.141. The number of ether oxygens (including phenoxy) is 1. The monoisotopic (exact) mass is 283 g/mol. The predicted molar refractivity (Wildman–Crippen MR) is 62.3 cm³/mol. The minimum absolute atomic E-state index is 0. The first-order valence-corrected chi connectivity index (χ1v) is 4.84. The van der Waals surface area contributed by atoms with Crippen LogP contribution >= 0.6 is 12.4 Å². The maximum Gasteiger partial charge on any atom is 0.416 e. The average molecular weight is 284 g/mol. The number of carbonyl (C=O) groups excluding carboxylic acids is 1. The molecule has 0 saturated carbocycles. The van der Waals surface area contributed by atoms with Crippen LogP contribution in [0.5, 0.6) is 0 Å². The van der Waals surface area contributed by atoms with Crippen molar-refractivity contribution in [2.45, 2.75) is 18.6 Å². The summed E-state index contributed by atoms with van der Waals surface area (Å²) in [5.74, 6) is -0.560. The zero-order chi connectivity index (χ0) is 13.1. The SMILES string of the molecule is COC(=O)CC(N)c1cccc(C(F)(F)F)c1.Cl. The van der Waals surface area contributed by atoms with E-state index in [2.05, 4.69) is 4.74 Å². The first-order chi connectivity index (χ1) is 7.84. The predicted octanol–water partition coefficient (Wildman–Crippen LogP) is 2.69. The molecule has 0 radical (unpaired) electrons. The molecule has 1 unspecified atom stereocenters. The summed E-state index contributed by atoms with van der Waals surface area (Å²) in [6.07, 6.45) is -4.57. The molecule has 2 N–H and O–H groups in total. The van der Waals surface area contributed by atoms with Crippen molar-refractivity contribution >= 4 is 18.4 Å². The molecule has 0 spiro atoms. The van der Waals surface area contributed by atoms with E-state index in [4.69, 9.17) is 5.73 Å². The number of halogens is 4. The molecular weight excluding hydrogens is 271 g/mol. The van der Waals surface area contributed by atoms with Crippen molar-refractivity contribution in [2.75, 3.05) is 7.11 Å². The van der Waals surface area contributed by atoms with Crippen LogP contribution in [0.25, 0.3) is 0 Å². The van der Waals surface area contributed by atoms with E-state index in [9.17, 15) is 18.0 Å². The molecule has 0 saturated heterocycles. The lowest BCUT2D eigenvalue weighted by atomic mass is 10.0. The van der Waals surface area contributed by atoms with Crippen LogP contribution in [0.2, 0.25) is 0 Å². The summed E-state index contributed by atoms with van der Waals surface area (Å²) in [5.41, 5.74) is 5.09. The molecule has 0 heterocycles. The topological polar surface area (TPSA) is 52.3 Å². The Morgan fingerprint density at radius 3 is 2.56 bits per heavy atom. The van der Waals surface area contributed by atoms with Gasteiger partial charge in [0.1, 0.15) is 0 Å². The molecule has 3 nitrogen and oxygen atoms in total. The van der Waals surface area contributed by atoms with Crippen LogP contribution in [-0.2, 0) is 15.7 Å². The molecule has 0 bridgehead atoms. The van der Waals surface area contributed by atoms with Crippen molar-refractivity contribution in [3.8, 4) is 0 Å². The normalized spacial score (nSPS) is 12.5. The zero-order valence-electron chi connectivity index (χ0n) is 9.53. The van der Waals surface area contributed by atoms with Crippen molar-refractivity contribution in [3.05, 3.63) is 35.4 Å². The van der Waals surface area contributed by atoms with E-state index >= 15 is 0 Å². The van der Waals surface area contributed by atoms with Crippen molar-refractivity contribution in [1.29, 1.82) is 0 Å². The van der Waals surface area contributed by atoms with Crippen LogP contribution < -0.4 is 5.73 Å². The van der Waals surface area contributed by atoms with Gasteiger partial charge in [-0.15, -0.1) is 12.4 Å². The van der Waals surface area contributed by atoms with E-state index in [-0.39, 0.29) is 24.4 Å². The Hall–Kier alpha value is -1.27. The lowest BCUT2D eigenvalue weighted by Gasteiger charge is -2.13. The Bertz CT molecular complexity index is 410. The second kappa shape index (κ2) is 6.61. The van der Waals surface area contributed by atoms with Gasteiger partial charge in [-0.3, -0.25) is 4.79 Å². The summed E-state index contributed by atoms with van der Waals surface area (Å²) < 4.78 is 41.7. The standard InChI is InChI=1S/C11H12F3NO2.ClH/c1-17-10(16)6-9(15)7-3-2-4-8(5-7)11(12,13)14;/h2-5,9H,6,15H2,1H3;1H. The molecule has 0 aliphatic rings. The highest BCUT2D eigenvalue weighted by Gasteiger charge is 2.30. The second-order valence-corrected chi connectivity index (χ2v) is 3.51. The maximum atomic E-state index is 12.4. The summed E-state index contributed by atoms with van der Waals surface area (Å²) >= 11 is 0. The Kier molecular flexibility index (Phi) is 6.14. The van der Waals surface area contributed by atoms with E-state index < -0.39 is 23.8 Å². The van der Waals surface area contributed by atoms with Crippen molar-refractivity contribution in [3.63, 3.8) is 0 Å². The van der Waals surface area contributed by atoms with Gasteiger partial charge in [-0.1, -0.05) is 12.1 Å². The Balaban J connectivity index is 0.00000289. The molecule has 1 aromatic carbocycles. The number of methoxy groups -OCH3 is 1. The summed E-state index contributed by atoms with van der Waals surface area (Å²) in [6.45, 7) is 0. The van der Waals surface area contributed by atoms with Crippen molar-refractivity contribution < 1.29 is 22.7 Å². The molecule has 0 fully saturated rings. The number of hydrogen-bond donors (Lipinski definition) is 1. The van der Waals surface area contributed by atoms with Gasteiger partial charge in [0.15, 0.2) is 0 Å². The summed E-state index contributed by atoms with van der Waals surface area (Å²) in [4.78, 5) is 11.0. The van der Waals surface area contributed by atoms with Crippen LogP contribution in [0, 0.1) is 0 Å². The van der Waals surface area contributed by atoms with Gasteiger partial charge in [0.05, 0.1) is 19.1 Å². The van der Waals surface area contributed by atoms with Gasteiger partial charge in [0, 0.05) is 6.04 Å². The fourth-order valence-corrected chi connectivity index (χ4v) is 1.33. The Morgan fingerprint density at radius 1 is 1.44 bits per heavy atom. The van der Waals surface area contributed by atoms with E-state index in [0.29, 0.717) is 0 Å². The van der Waals surface area contributed by atoms with E-state index in [1.165, 1.54) is 19.2 Å². The zero-order valence-corrected chi connectivity index (χ0v) is 10.3. The number of esters is 1. The van der Waals surface area contributed by atoms with Gasteiger partial charge in [-0.05, 0) is 17.7 Å². The molecule has 102 valence electrons. The van der Waals surface area contributed by atoms with Crippen LogP contribution in [0.4, 0.5) is 13.2 Å². The second-order valence-electron chi connectivity index (χ2n) is 3.51. The largest absolute Gasteiger partial charge is 0.469 e. The van der Waals surface area contributed by atoms with Crippen LogP contribution in [0.1, 0.15) is 23.6 Å². The van der Waals surface area contributed by atoms with Gasteiger partial charge in [0.2, 0.25) is 0 Å². The minimum atomic E-state index is -4.42. The number of hydrogen-bond acceptors (Lipinski definition) is 3. The Labute approximate surface area is 109 Å². The number of alkyl halides is 3. The molecule has 1 rings (SSSR count). The van der Waals surface area contributed by atoms with Gasteiger partial charge < -0.3 is 10.5 Å². The first-order valence-electron chi connectivity index (χ1n) is 4.84. The summed E-state index contributed by atoms with van der Waals surface area (Å²) in [5, 5.41) is 0. The maximum absolute atomic E-state index is 12.4. The summed E-state index contributed by atoms with van der Waals surface area (Å²) in [6, 6.07) is 3.80.